The second kappa shape index (κ2) is 5.58. The predicted molar refractivity (Wildman–Crippen MR) is 66.4 cm³/mol. The van der Waals surface area contributed by atoms with Gasteiger partial charge in [0.25, 0.3) is 0 Å². The third-order valence-corrected chi connectivity index (χ3v) is 3.46. The molecule has 0 amide bonds. The summed E-state index contributed by atoms with van der Waals surface area (Å²) in [7, 11) is 0. The summed E-state index contributed by atoms with van der Waals surface area (Å²) in [5.41, 5.74) is 1.83. The van der Waals surface area contributed by atoms with Crippen molar-refractivity contribution in [1.82, 2.24) is 0 Å². The molecule has 14 heavy (non-hydrogen) atoms. The molecular weight excluding hydrogens is 168 g/mol. The first-order valence-electron chi connectivity index (χ1n) is 5.94. The van der Waals surface area contributed by atoms with Crippen LogP contribution in [0.25, 0.3) is 0 Å². The Morgan fingerprint density at radius 3 is 2.14 bits per heavy atom. The van der Waals surface area contributed by atoms with E-state index in [9.17, 15) is 0 Å². The fraction of sp³-hybridized carbons (Fsp3) is 0.857. The van der Waals surface area contributed by atoms with Crippen LogP contribution in [0.3, 0.4) is 0 Å². The molecule has 0 spiro atoms. The molecule has 0 aliphatic heterocycles. The van der Waals surface area contributed by atoms with Gasteiger partial charge >= 0.3 is 0 Å². The molecule has 84 valence electrons. The molecule has 0 saturated carbocycles. The van der Waals surface area contributed by atoms with Gasteiger partial charge in [-0.3, -0.25) is 0 Å². The van der Waals surface area contributed by atoms with Crippen LogP contribution >= 0.6 is 0 Å². The van der Waals surface area contributed by atoms with Crippen LogP contribution in [0.1, 0.15) is 60.8 Å². The first-order chi connectivity index (χ1) is 6.28. The first-order valence-corrected chi connectivity index (χ1v) is 5.94. The highest BCUT2D eigenvalue weighted by atomic mass is 14.3. The second-order valence-electron chi connectivity index (χ2n) is 5.81. The molecule has 0 bridgehead atoms. The van der Waals surface area contributed by atoms with Crippen molar-refractivity contribution in [2.24, 2.45) is 17.3 Å². The highest BCUT2D eigenvalue weighted by Gasteiger charge is 2.20. The summed E-state index contributed by atoms with van der Waals surface area (Å²) in [5.74, 6) is 1.49. The summed E-state index contributed by atoms with van der Waals surface area (Å²) in [6.45, 7) is 17.9. The third kappa shape index (κ3) is 5.47. The van der Waals surface area contributed by atoms with Gasteiger partial charge in [0, 0.05) is 0 Å². The summed E-state index contributed by atoms with van der Waals surface area (Å²) in [4.78, 5) is 0. The summed E-state index contributed by atoms with van der Waals surface area (Å²) in [5, 5.41) is 0. The van der Waals surface area contributed by atoms with Crippen molar-refractivity contribution >= 4 is 0 Å². The van der Waals surface area contributed by atoms with E-state index in [0.29, 0.717) is 11.3 Å². The molecule has 0 aromatic heterocycles. The van der Waals surface area contributed by atoms with Gasteiger partial charge in [-0.2, -0.15) is 0 Å². The van der Waals surface area contributed by atoms with Gasteiger partial charge in [0.05, 0.1) is 0 Å². The topological polar surface area (TPSA) is 0 Å². The smallest absolute Gasteiger partial charge is 0.0235 e. The number of hydrogen-bond donors (Lipinski definition) is 0. The van der Waals surface area contributed by atoms with E-state index in [0.717, 1.165) is 5.92 Å². The van der Waals surface area contributed by atoms with Crippen LogP contribution in [0.5, 0.6) is 0 Å². The standard InChI is InChI=1S/C14H28/c1-8-14(6,7)10-12(4)9-13(5)11(2)3/h12-13H,2,8-10H2,1,3-7H3. The lowest BCUT2D eigenvalue weighted by Gasteiger charge is -2.28. The van der Waals surface area contributed by atoms with Crippen LogP contribution in [0, 0.1) is 17.3 Å². The van der Waals surface area contributed by atoms with E-state index in [2.05, 4.69) is 48.1 Å². The molecule has 0 fully saturated rings. The Morgan fingerprint density at radius 1 is 1.29 bits per heavy atom. The third-order valence-electron chi connectivity index (χ3n) is 3.46. The molecule has 0 heterocycles. The van der Waals surface area contributed by atoms with Crippen LogP contribution in [-0.2, 0) is 0 Å². The molecule has 0 radical (unpaired) electrons. The van der Waals surface area contributed by atoms with Gasteiger partial charge in [0.2, 0.25) is 0 Å². The largest absolute Gasteiger partial charge is 0.0999 e. The molecule has 0 aliphatic carbocycles. The van der Waals surface area contributed by atoms with Gasteiger partial charge in [-0.05, 0) is 37.0 Å². The van der Waals surface area contributed by atoms with E-state index >= 15 is 0 Å². The van der Waals surface area contributed by atoms with Crippen LogP contribution < -0.4 is 0 Å². The monoisotopic (exact) mass is 196 g/mol. The SMILES string of the molecule is C=C(C)C(C)CC(C)CC(C)(C)CC. The Bertz CT molecular complexity index is 176. The summed E-state index contributed by atoms with van der Waals surface area (Å²) in [6, 6.07) is 0. The molecule has 0 N–H and O–H groups in total. The maximum absolute atomic E-state index is 4.02. The molecule has 2 atom stereocenters. The molecule has 0 nitrogen and oxygen atoms in total. The predicted octanol–water partition coefficient (Wildman–Crippen LogP) is 5.05. The van der Waals surface area contributed by atoms with Crippen molar-refractivity contribution in [2.45, 2.75) is 60.8 Å². The van der Waals surface area contributed by atoms with Crippen molar-refractivity contribution < 1.29 is 0 Å². The minimum Gasteiger partial charge on any atom is -0.0999 e. The molecule has 2 unspecified atom stereocenters. The Hall–Kier alpha value is -0.260. The molecular formula is C14H28. The van der Waals surface area contributed by atoms with Crippen molar-refractivity contribution in [3.8, 4) is 0 Å². The maximum Gasteiger partial charge on any atom is -0.0235 e. The van der Waals surface area contributed by atoms with Gasteiger partial charge in [-0.15, -0.1) is 0 Å². The lowest BCUT2D eigenvalue weighted by atomic mass is 9.78. The zero-order valence-electron chi connectivity index (χ0n) is 11.0. The lowest BCUT2D eigenvalue weighted by molar-refractivity contribution is 0.248. The van der Waals surface area contributed by atoms with Crippen molar-refractivity contribution in [2.75, 3.05) is 0 Å². The fourth-order valence-electron chi connectivity index (χ4n) is 1.98. The molecule has 0 rings (SSSR count). The Labute approximate surface area is 90.8 Å². The maximum atomic E-state index is 4.02. The van der Waals surface area contributed by atoms with E-state index in [4.69, 9.17) is 0 Å². The Morgan fingerprint density at radius 2 is 1.79 bits per heavy atom. The van der Waals surface area contributed by atoms with Crippen molar-refractivity contribution in [1.29, 1.82) is 0 Å². The normalized spacial score (nSPS) is 16.4. The van der Waals surface area contributed by atoms with Crippen molar-refractivity contribution in [3.05, 3.63) is 12.2 Å². The van der Waals surface area contributed by atoms with E-state index in [1.165, 1.54) is 24.8 Å². The summed E-state index contributed by atoms with van der Waals surface area (Å²) in [6.07, 6.45) is 3.90. The number of hydrogen-bond acceptors (Lipinski definition) is 0. The zero-order chi connectivity index (χ0) is 11.4. The van der Waals surface area contributed by atoms with Gasteiger partial charge in [0.1, 0.15) is 0 Å². The average molecular weight is 196 g/mol. The lowest BCUT2D eigenvalue weighted by Crippen LogP contribution is -2.16. The van der Waals surface area contributed by atoms with Gasteiger partial charge < -0.3 is 0 Å². The van der Waals surface area contributed by atoms with Crippen molar-refractivity contribution in [3.63, 3.8) is 0 Å². The van der Waals surface area contributed by atoms with Gasteiger partial charge in [-0.1, -0.05) is 53.2 Å². The summed E-state index contributed by atoms with van der Waals surface area (Å²) < 4.78 is 0. The van der Waals surface area contributed by atoms with Crippen LogP contribution in [0.4, 0.5) is 0 Å². The second-order valence-corrected chi connectivity index (χ2v) is 5.81. The molecule has 0 aromatic carbocycles. The van der Waals surface area contributed by atoms with Crippen LogP contribution in [0.2, 0.25) is 0 Å². The Balaban J connectivity index is 3.98. The van der Waals surface area contributed by atoms with Gasteiger partial charge in [-0.25, -0.2) is 0 Å². The molecule has 0 heteroatoms. The number of rotatable bonds is 6. The Kier molecular flexibility index (Phi) is 5.48. The van der Waals surface area contributed by atoms with E-state index in [-0.39, 0.29) is 0 Å². The van der Waals surface area contributed by atoms with Crippen LogP contribution in [0.15, 0.2) is 12.2 Å². The molecule has 0 saturated heterocycles. The molecule has 0 aliphatic rings. The van der Waals surface area contributed by atoms with E-state index in [1.54, 1.807) is 0 Å². The first kappa shape index (κ1) is 13.7. The minimum atomic E-state index is 0.508. The quantitative estimate of drug-likeness (QED) is 0.521. The van der Waals surface area contributed by atoms with E-state index < -0.39 is 0 Å². The minimum absolute atomic E-state index is 0.508. The fourth-order valence-corrected chi connectivity index (χ4v) is 1.98. The number of allylic oxidation sites excluding steroid dienone is 1. The highest BCUT2D eigenvalue weighted by molar-refractivity contribution is 4.94. The highest BCUT2D eigenvalue weighted by Crippen LogP contribution is 2.32. The van der Waals surface area contributed by atoms with E-state index in [1.807, 2.05) is 0 Å². The average Bonchev–Trinajstić information content (AvgIpc) is 2.02. The van der Waals surface area contributed by atoms with Crippen LogP contribution in [-0.4, -0.2) is 0 Å². The zero-order valence-corrected chi connectivity index (χ0v) is 11.0. The molecule has 0 aromatic rings. The summed E-state index contributed by atoms with van der Waals surface area (Å²) >= 11 is 0. The van der Waals surface area contributed by atoms with Gasteiger partial charge in [0.15, 0.2) is 0 Å².